The summed E-state index contributed by atoms with van der Waals surface area (Å²) in [7, 11) is 0. The number of carbonyl (C=O) groups is 2. The van der Waals surface area contributed by atoms with Crippen LogP contribution in [0.4, 0.5) is 4.39 Å². The summed E-state index contributed by atoms with van der Waals surface area (Å²) in [6.45, 7) is 2.36. The summed E-state index contributed by atoms with van der Waals surface area (Å²) in [6, 6.07) is 7.39. The second-order valence-corrected chi connectivity index (χ2v) is 6.45. The van der Waals surface area contributed by atoms with Crippen molar-refractivity contribution in [1.29, 1.82) is 0 Å². The third-order valence-electron chi connectivity index (χ3n) is 4.36. The van der Waals surface area contributed by atoms with E-state index in [2.05, 4.69) is 9.97 Å². The quantitative estimate of drug-likeness (QED) is 0.840. The highest BCUT2D eigenvalue weighted by atomic mass is 19.1. The third kappa shape index (κ3) is 4.58. The standard InChI is InChI=1S/C19H21FN4O3/c1-12-11-17(27-15-7-3-2-5-13(15)20)23-19(22-12)14-6-4-10-24(14)18(26)9-8-16(21)25/h2-3,5,7,11,14H,4,6,8-10H2,1H3,(H2,21,25)/t14-/m0/s1. The van der Waals surface area contributed by atoms with Crippen LogP contribution in [0.1, 0.15) is 43.2 Å². The van der Waals surface area contributed by atoms with E-state index in [4.69, 9.17) is 10.5 Å². The van der Waals surface area contributed by atoms with Gasteiger partial charge in [0.1, 0.15) is 0 Å². The summed E-state index contributed by atoms with van der Waals surface area (Å²) in [6.07, 6.45) is 1.60. The molecule has 0 bridgehead atoms. The largest absolute Gasteiger partial charge is 0.436 e. The number of amides is 2. The van der Waals surface area contributed by atoms with Crippen LogP contribution in [0.5, 0.6) is 11.6 Å². The van der Waals surface area contributed by atoms with Gasteiger partial charge in [-0.1, -0.05) is 12.1 Å². The maximum Gasteiger partial charge on any atom is 0.223 e. The maximum absolute atomic E-state index is 13.8. The van der Waals surface area contributed by atoms with Crippen molar-refractivity contribution >= 4 is 11.8 Å². The van der Waals surface area contributed by atoms with Gasteiger partial charge in [0.25, 0.3) is 0 Å². The highest BCUT2D eigenvalue weighted by molar-refractivity contribution is 5.83. The number of aryl methyl sites for hydroxylation is 1. The van der Waals surface area contributed by atoms with E-state index in [1.165, 1.54) is 12.1 Å². The fourth-order valence-corrected chi connectivity index (χ4v) is 3.11. The van der Waals surface area contributed by atoms with Crippen molar-refractivity contribution in [2.45, 2.75) is 38.6 Å². The van der Waals surface area contributed by atoms with Gasteiger partial charge in [0.2, 0.25) is 17.7 Å². The molecular weight excluding hydrogens is 351 g/mol. The molecule has 1 atom stereocenters. The molecule has 1 aromatic carbocycles. The fourth-order valence-electron chi connectivity index (χ4n) is 3.11. The van der Waals surface area contributed by atoms with Crippen LogP contribution in [0.3, 0.4) is 0 Å². The zero-order valence-electron chi connectivity index (χ0n) is 15.0. The van der Waals surface area contributed by atoms with Crippen LogP contribution in [0.2, 0.25) is 0 Å². The topological polar surface area (TPSA) is 98.4 Å². The van der Waals surface area contributed by atoms with Gasteiger partial charge in [0, 0.05) is 31.1 Å². The number of nitrogens with two attached hydrogens (primary N) is 1. The SMILES string of the molecule is Cc1cc(Oc2ccccc2F)nc([C@@H]2CCCN2C(=O)CCC(N)=O)n1. The number of carbonyl (C=O) groups excluding carboxylic acids is 2. The van der Waals surface area contributed by atoms with Crippen LogP contribution < -0.4 is 10.5 Å². The molecule has 0 aliphatic carbocycles. The number of primary amides is 1. The van der Waals surface area contributed by atoms with Crippen molar-refractivity contribution in [3.05, 3.63) is 47.7 Å². The van der Waals surface area contributed by atoms with E-state index in [0.29, 0.717) is 24.5 Å². The smallest absolute Gasteiger partial charge is 0.223 e. The Morgan fingerprint density at radius 3 is 2.81 bits per heavy atom. The van der Waals surface area contributed by atoms with E-state index in [9.17, 15) is 14.0 Å². The average Bonchev–Trinajstić information content (AvgIpc) is 3.11. The van der Waals surface area contributed by atoms with Crippen LogP contribution in [-0.4, -0.2) is 33.2 Å². The molecule has 1 aromatic heterocycles. The minimum absolute atomic E-state index is 0.0123. The first-order valence-corrected chi connectivity index (χ1v) is 8.80. The Morgan fingerprint density at radius 2 is 2.07 bits per heavy atom. The zero-order valence-corrected chi connectivity index (χ0v) is 15.0. The first-order chi connectivity index (χ1) is 12.9. The Morgan fingerprint density at radius 1 is 1.30 bits per heavy atom. The molecule has 2 aromatic rings. The van der Waals surface area contributed by atoms with Gasteiger partial charge in [-0.3, -0.25) is 9.59 Å². The van der Waals surface area contributed by atoms with Crippen molar-refractivity contribution in [3.8, 4) is 11.6 Å². The maximum atomic E-state index is 13.8. The van der Waals surface area contributed by atoms with Crippen molar-refractivity contribution in [1.82, 2.24) is 14.9 Å². The molecule has 1 saturated heterocycles. The van der Waals surface area contributed by atoms with E-state index >= 15 is 0 Å². The lowest BCUT2D eigenvalue weighted by atomic mass is 10.2. The van der Waals surface area contributed by atoms with E-state index in [1.54, 1.807) is 30.0 Å². The Balaban J connectivity index is 1.81. The zero-order chi connectivity index (χ0) is 19.4. The number of aromatic nitrogens is 2. The van der Waals surface area contributed by atoms with Gasteiger partial charge >= 0.3 is 0 Å². The molecule has 8 heteroatoms. The lowest BCUT2D eigenvalue weighted by molar-refractivity contribution is -0.134. The second-order valence-electron chi connectivity index (χ2n) is 6.45. The van der Waals surface area contributed by atoms with Crippen LogP contribution in [0.15, 0.2) is 30.3 Å². The summed E-state index contributed by atoms with van der Waals surface area (Å²) in [5, 5.41) is 0. The fraction of sp³-hybridized carbons (Fsp3) is 0.368. The van der Waals surface area contributed by atoms with Crippen molar-refractivity contribution < 1.29 is 18.7 Å². The van der Waals surface area contributed by atoms with Gasteiger partial charge in [0.15, 0.2) is 17.4 Å². The highest BCUT2D eigenvalue weighted by Crippen LogP contribution is 2.32. The lowest BCUT2D eigenvalue weighted by Gasteiger charge is -2.24. The predicted octanol–water partition coefficient (Wildman–Crippen LogP) is 2.65. The Bertz CT molecular complexity index is 859. The van der Waals surface area contributed by atoms with Gasteiger partial charge < -0.3 is 15.4 Å². The molecule has 0 saturated carbocycles. The summed E-state index contributed by atoms with van der Waals surface area (Å²) in [4.78, 5) is 33.9. The molecule has 0 radical (unpaired) electrons. The molecular formula is C19H21FN4O3. The van der Waals surface area contributed by atoms with E-state index in [0.717, 1.165) is 6.42 Å². The van der Waals surface area contributed by atoms with Gasteiger partial charge in [-0.2, -0.15) is 4.98 Å². The van der Waals surface area contributed by atoms with Gasteiger partial charge in [0.05, 0.1) is 6.04 Å². The van der Waals surface area contributed by atoms with Crippen LogP contribution in [-0.2, 0) is 9.59 Å². The monoisotopic (exact) mass is 372 g/mol. The van der Waals surface area contributed by atoms with Crippen LogP contribution in [0.25, 0.3) is 0 Å². The molecule has 2 N–H and O–H groups in total. The molecule has 2 heterocycles. The molecule has 2 amide bonds. The Hall–Kier alpha value is -3.03. The number of para-hydroxylation sites is 1. The molecule has 0 spiro atoms. The Labute approximate surface area is 156 Å². The molecule has 1 fully saturated rings. The number of benzene rings is 1. The number of ether oxygens (including phenoxy) is 1. The summed E-state index contributed by atoms with van der Waals surface area (Å²) < 4.78 is 19.4. The van der Waals surface area contributed by atoms with Gasteiger partial charge in [-0.25, -0.2) is 9.37 Å². The molecule has 0 unspecified atom stereocenters. The molecule has 3 rings (SSSR count). The van der Waals surface area contributed by atoms with Crippen molar-refractivity contribution in [2.75, 3.05) is 6.54 Å². The predicted molar refractivity (Wildman–Crippen MR) is 95.4 cm³/mol. The summed E-state index contributed by atoms with van der Waals surface area (Å²) >= 11 is 0. The number of hydrogen-bond acceptors (Lipinski definition) is 5. The lowest BCUT2D eigenvalue weighted by Crippen LogP contribution is -2.32. The molecule has 1 aliphatic heterocycles. The number of nitrogens with zero attached hydrogens (tertiary/aromatic N) is 3. The number of rotatable bonds is 6. The third-order valence-corrected chi connectivity index (χ3v) is 4.36. The molecule has 7 nitrogen and oxygen atoms in total. The van der Waals surface area contributed by atoms with Crippen LogP contribution in [0, 0.1) is 12.7 Å². The second kappa shape index (κ2) is 8.11. The molecule has 1 aliphatic rings. The van der Waals surface area contributed by atoms with Gasteiger partial charge in [-0.15, -0.1) is 0 Å². The number of halogens is 1. The summed E-state index contributed by atoms with van der Waals surface area (Å²) in [5.74, 6) is -0.406. The highest BCUT2D eigenvalue weighted by Gasteiger charge is 2.32. The average molecular weight is 372 g/mol. The number of likely N-dealkylation sites (tertiary alicyclic amines) is 1. The van der Waals surface area contributed by atoms with Crippen molar-refractivity contribution in [2.24, 2.45) is 5.73 Å². The minimum Gasteiger partial charge on any atom is -0.436 e. The van der Waals surface area contributed by atoms with E-state index in [-0.39, 0.29) is 36.4 Å². The van der Waals surface area contributed by atoms with Crippen LogP contribution >= 0.6 is 0 Å². The van der Waals surface area contributed by atoms with E-state index in [1.807, 2.05) is 0 Å². The normalized spacial score (nSPS) is 16.4. The molecule has 27 heavy (non-hydrogen) atoms. The minimum atomic E-state index is -0.508. The van der Waals surface area contributed by atoms with Gasteiger partial charge in [-0.05, 0) is 31.9 Å². The van der Waals surface area contributed by atoms with Crippen molar-refractivity contribution in [3.63, 3.8) is 0 Å². The Kier molecular flexibility index (Phi) is 5.63. The number of hydrogen-bond donors (Lipinski definition) is 1. The summed E-state index contributed by atoms with van der Waals surface area (Å²) in [5.41, 5.74) is 5.78. The first kappa shape index (κ1) is 18.8. The van der Waals surface area contributed by atoms with E-state index < -0.39 is 11.7 Å². The first-order valence-electron chi connectivity index (χ1n) is 8.80. The molecule has 142 valence electrons.